The number of phenolic OH excluding ortho intramolecular Hbond substituents is 1. The molecule has 1 N–H and O–H groups in total. The van der Waals surface area contributed by atoms with Crippen molar-refractivity contribution in [1.29, 1.82) is 0 Å². The van der Waals surface area contributed by atoms with Crippen LogP contribution in [0.3, 0.4) is 0 Å². The molecule has 4 nitrogen and oxygen atoms in total. The molecule has 0 saturated carbocycles. The zero-order valence-electron chi connectivity index (χ0n) is 12.1. The van der Waals surface area contributed by atoms with E-state index in [0.717, 1.165) is 5.56 Å². The summed E-state index contributed by atoms with van der Waals surface area (Å²) in [4.78, 5) is 0. The smallest absolute Gasteiger partial charge is 0.161 e. The van der Waals surface area contributed by atoms with E-state index >= 15 is 0 Å². The van der Waals surface area contributed by atoms with Gasteiger partial charge in [-0.05, 0) is 35.9 Å². The summed E-state index contributed by atoms with van der Waals surface area (Å²) in [5.74, 6) is 2.21. The molecule has 110 valence electrons. The zero-order valence-corrected chi connectivity index (χ0v) is 12.1. The molecule has 0 fully saturated rings. The SMILES string of the molecule is COc1ccc(/C=C/COc2cccc(O)c2)cc1OC. The Kier molecular flexibility index (Phi) is 5.10. The predicted octanol–water partition coefficient (Wildman–Crippen LogP) is 3.50. The number of benzene rings is 2. The number of hydrogen-bond acceptors (Lipinski definition) is 4. The van der Waals surface area contributed by atoms with Gasteiger partial charge < -0.3 is 19.3 Å². The minimum Gasteiger partial charge on any atom is -0.508 e. The monoisotopic (exact) mass is 286 g/mol. The number of hydrogen-bond donors (Lipinski definition) is 1. The van der Waals surface area contributed by atoms with Gasteiger partial charge in [-0.15, -0.1) is 0 Å². The molecule has 2 aromatic rings. The second-order valence-electron chi connectivity index (χ2n) is 4.33. The lowest BCUT2D eigenvalue weighted by molar-refractivity contribution is 0.355. The second-order valence-corrected chi connectivity index (χ2v) is 4.33. The number of phenols is 1. The maximum Gasteiger partial charge on any atom is 0.161 e. The van der Waals surface area contributed by atoms with Crippen molar-refractivity contribution in [2.45, 2.75) is 0 Å². The Balaban J connectivity index is 1.95. The van der Waals surface area contributed by atoms with E-state index in [1.165, 1.54) is 0 Å². The standard InChI is InChI=1S/C17H18O4/c1-19-16-9-8-13(11-17(16)20-2)5-4-10-21-15-7-3-6-14(18)12-15/h3-9,11-12,18H,10H2,1-2H3/b5-4+. The van der Waals surface area contributed by atoms with Gasteiger partial charge in [0.2, 0.25) is 0 Å². The summed E-state index contributed by atoms with van der Waals surface area (Å²) in [6, 6.07) is 12.4. The van der Waals surface area contributed by atoms with Gasteiger partial charge in [0.25, 0.3) is 0 Å². The van der Waals surface area contributed by atoms with E-state index in [1.807, 2.05) is 30.4 Å². The van der Waals surface area contributed by atoms with Crippen LogP contribution in [0.15, 0.2) is 48.5 Å². The number of aromatic hydroxyl groups is 1. The maximum atomic E-state index is 9.33. The fraction of sp³-hybridized carbons (Fsp3) is 0.176. The van der Waals surface area contributed by atoms with E-state index in [9.17, 15) is 5.11 Å². The van der Waals surface area contributed by atoms with Gasteiger partial charge in [0.05, 0.1) is 14.2 Å². The molecule has 21 heavy (non-hydrogen) atoms. The summed E-state index contributed by atoms with van der Waals surface area (Å²) in [6.45, 7) is 0.414. The molecule has 0 atom stereocenters. The highest BCUT2D eigenvalue weighted by Crippen LogP contribution is 2.28. The van der Waals surface area contributed by atoms with Crippen molar-refractivity contribution in [2.75, 3.05) is 20.8 Å². The summed E-state index contributed by atoms with van der Waals surface area (Å²) in [5.41, 5.74) is 0.993. The van der Waals surface area contributed by atoms with Crippen LogP contribution in [0.1, 0.15) is 5.56 Å². The van der Waals surface area contributed by atoms with E-state index in [0.29, 0.717) is 23.9 Å². The van der Waals surface area contributed by atoms with Crippen LogP contribution >= 0.6 is 0 Å². The first kappa shape index (κ1) is 14.8. The highest BCUT2D eigenvalue weighted by atomic mass is 16.5. The molecule has 0 radical (unpaired) electrons. The lowest BCUT2D eigenvalue weighted by Crippen LogP contribution is -1.93. The molecule has 0 aliphatic heterocycles. The van der Waals surface area contributed by atoms with Crippen molar-refractivity contribution in [3.8, 4) is 23.0 Å². The first-order chi connectivity index (χ1) is 10.2. The Morgan fingerprint density at radius 3 is 2.52 bits per heavy atom. The number of rotatable bonds is 6. The van der Waals surface area contributed by atoms with Gasteiger partial charge in [-0.25, -0.2) is 0 Å². The topological polar surface area (TPSA) is 47.9 Å². The maximum absolute atomic E-state index is 9.33. The van der Waals surface area contributed by atoms with Crippen LogP contribution in [-0.2, 0) is 0 Å². The average molecular weight is 286 g/mol. The van der Waals surface area contributed by atoms with Crippen LogP contribution < -0.4 is 14.2 Å². The predicted molar refractivity (Wildman–Crippen MR) is 82.2 cm³/mol. The van der Waals surface area contributed by atoms with E-state index in [2.05, 4.69) is 0 Å². The zero-order chi connectivity index (χ0) is 15.1. The van der Waals surface area contributed by atoms with Crippen LogP contribution in [0.2, 0.25) is 0 Å². The third-order valence-electron chi connectivity index (χ3n) is 2.88. The molecule has 2 rings (SSSR count). The summed E-state index contributed by atoms with van der Waals surface area (Å²) >= 11 is 0. The molecule has 0 bridgehead atoms. The normalized spacial score (nSPS) is 10.6. The van der Waals surface area contributed by atoms with Crippen LogP contribution in [0.4, 0.5) is 0 Å². The molecule has 2 aromatic carbocycles. The Bertz CT molecular complexity index is 620. The minimum absolute atomic E-state index is 0.191. The molecule has 0 spiro atoms. The van der Waals surface area contributed by atoms with Gasteiger partial charge in [0.1, 0.15) is 18.1 Å². The molecule has 0 aliphatic carbocycles. The fourth-order valence-corrected chi connectivity index (χ4v) is 1.86. The van der Waals surface area contributed by atoms with E-state index in [1.54, 1.807) is 38.5 Å². The Hall–Kier alpha value is -2.62. The Labute approximate surface area is 124 Å². The Morgan fingerprint density at radius 1 is 1.00 bits per heavy atom. The highest BCUT2D eigenvalue weighted by Gasteiger charge is 2.02. The van der Waals surface area contributed by atoms with Crippen LogP contribution in [0.5, 0.6) is 23.0 Å². The van der Waals surface area contributed by atoms with E-state index in [-0.39, 0.29) is 5.75 Å². The third-order valence-corrected chi connectivity index (χ3v) is 2.88. The van der Waals surface area contributed by atoms with Crippen LogP contribution in [-0.4, -0.2) is 25.9 Å². The summed E-state index contributed by atoms with van der Waals surface area (Å²) < 4.78 is 15.9. The lowest BCUT2D eigenvalue weighted by Gasteiger charge is -2.07. The van der Waals surface area contributed by atoms with Gasteiger partial charge in [0.15, 0.2) is 11.5 Å². The molecule has 0 aromatic heterocycles. The minimum atomic E-state index is 0.191. The highest BCUT2D eigenvalue weighted by molar-refractivity contribution is 5.56. The molecular weight excluding hydrogens is 268 g/mol. The molecule has 0 aliphatic rings. The molecule has 0 saturated heterocycles. The van der Waals surface area contributed by atoms with Gasteiger partial charge in [0, 0.05) is 6.07 Å². The second kappa shape index (κ2) is 7.24. The average Bonchev–Trinajstić information content (AvgIpc) is 2.51. The van der Waals surface area contributed by atoms with Gasteiger partial charge in [-0.1, -0.05) is 18.2 Å². The largest absolute Gasteiger partial charge is 0.508 e. The van der Waals surface area contributed by atoms with Crippen molar-refractivity contribution >= 4 is 6.08 Å². The lowest BCUT2D eigenvalue weighted by atomic mass is 10.2. The number of ether oxygens (including phenoxy) is 3. The molecule has 0 unspecified atom stereocenters. The Morgan fingerprint density at radius 2 is 1.81 bits per heavy atom. The molecule has 4 heteroatoms. The molecular formula is C17H18O4. The summed E-state index contributed by atoms with van der Waals surface area (Å²) in [6.07, 6.45) is 3.83. The van der Waals surface area contributed by atoms with Gasteiger partial charge in [-0.2, -0.15) is 0 Å². The first-order valence-electron chi connectivity index (χ1n) is 6.53. The van der Waals surface area contributed by atoms with Crippen LogP contribution in [0, 0.1) is 0 Å². The fourth-order valence-electron chi connectivity index (χ4n) is 1.86. The van der Waals surface area contributed by atoms with Crippen molar-refractivity contribution in [3.63, 3.8) is 0 Å². The van der Waals surface area contributed by atoms with Crippen molar-refractivity contribution < 1.29 is 19.3 Å². The first-order valence-corrected chi connectivity index (χ1v) is 6.53. The van der Waals surface area contributed by atoms with E-state index in [4.69, 9.17) is 14.2 Å². The molecule has 0 amide bonds. The van der Waals surface area contributed by atoms with Gasteiger partial charge >= 0.3 is 0 Å². The quantitative estimate of drug-likeness (QED) is 0.883. The third kappa shape index (κ3) is 4.18. The molecule has 0 heterocycles. The summed E-state index contributed by atoms with van der Waals surface area (Å²) in [5, 5.41) is 9.33. The van der Waals surface area contributed by atoms with Crippen molar-refractivity contribution in [1.82, 2.24) is 0 Å². The van der Waals surface area contributed by atoms with Gasteiger partial charge in [-0.3, -0.25) is 0 Å². The van der Waals surface area contributed by atoms with E-state index < -0.39 is 0 Å². The van der Waals surface area contributed by atoms with Crippen molar-refractivity contribution in [3.05, 3.63) is 54.1 Å². The number of methoxy groups -OCH3 is 2. The summed E-state index contributed by atoms with van der Waals surface area (Å²) in [7, 11) is 3.22. The van der Waals surface area contributed by atoms with Crippen LogP contribution in [0.25, 0.3) is 6.08 Å². The van der Waals surface area contributed by atoms with Crippen molar-refractivity contribution in [2.24, 2.45) is 0 Å².